The second kappa shape index (κ2) is 2.60. The largest absolute Gasteiger partial charge is 0.481 e. The standard InChI is InChI=1S/C6H11N3O/c1-9(2)6-7-4-5(8-6)10-3/h4H,1-3H3,(H,7,8). The van der Waals surface area contributed by atoms with Crippen molar-refractivity contribution in [3.05, 3.63) is 6.20 Å². The van der Waals surface area contributed by atoms with E-state index in [-0.39, 0.29) is 0 Å². The maximum atomic E-state index is 4.90. The Morgan fingerprint density at radius 2 is 2.30 bits per heavy atom. The van der Waals surface area contributed by atoms with Crippen LogP contribution in [0.3, 0.4) is 0 Å². The first-order chi connectivity index (χ1) is 4.74. The Bertz CT molecular complexity index is 207. The third kappa shape index (κ3) is 1.21. The molecule has 1 aromatic rings. The number of hydrogen-bond acceptors (Lipinski definition) is 3. The van der Waals surface area contributed by atoms with E-state index in [9.17, 15) is 0 Å². The van der Waals surface area contributed by atoms with Crippen molar-refractivity contribution < 1.29 is 4.74 Å². The Labute approximate surface area is 59.8 Å². The van der Waals surface area contributed by atoms with Gasteiger partial charge in [-0.15, -0.1) is 0 Å². The van der Waals surface area contributed by atoms with Gasteiger partial charge in [-0.2, -0.15) is 0 Å². The molecule has 1 N–H and O–H groups in total. The van der Waals surface area contributed by atoms with E-state index < -0.39 is 0 Å². The van der Waals surface area contributed by atoms with Gasteiger partial charge in [0.05, 0.1) is 13.3 Å². The van der Waals surface area contributed by atoms with Gasteiger partial charge in [-0.05, 0) is 0 Å². The van der Waals surface area contributed by atoms with E-state index in [1.54, 1.807) is 13.3 Å². The number of nitrogens with zero attached hydrogens (tertiary/aromatic N) is 2. The van der Waals surface area contributed by atoms with E-state index in [1.807, 2.05) is 19.0 Å². The van der Waals surface area contributed by atoms with Gasteiger partial charge in [0.15, 0.2) is 0 Å². The van der Waals surface area contributed by atoms with Crippen LogP contribution in [0.1, 0.15) is 0 Å². The minimum atomic E-state index is 0.684. The van der Waals surface area contributed by atoms with Gasteiger partial charge in [0.1, 0.15) is 0 Å². The van der Waals surface area contributed by atoms with Gasteiger partial charge in [-0.1, -0.05) is 0 Å². The van der Waals surface area contributed by atoms with Crippen LogP contribution in [0.4, 0.5) is 5.95 Å². The molecule has 0 radical (unpaired) electrons. The average molecular weight is 141 g/mol. The second-order valence-corrected chi connectivity index (χ2v) is 2.17. The van der Waals surface area contributed by atoms with Gasteiger partial charge >= 0.3 is 0 Å². The molecule has 0 amide bonds. The minimum absolute atomic E-state index is 0.684. The Morgan fingerprint density at radius 1 is 1.60 bits per heavy atom. The van der Waals surface area contributed by atoms with Crippen LogP contribution in [0.5, 0.6) is 5.88 Å². The van der Waals surface area contributed by atoms with Crippen molar-refractivity contribution in [3.8, 4) is 5.88 Å². The van der Waals surface area contributed by atoms with E-state index in [4.69, 9.17) is 4.74 Å². The zero-order valence-electron chi connectivity index (χ0n) is 6.38. The van der Waals surface area contributed by atoms with Crippen LogP contribution < -0.4 is 9.64 Å². The summed E-state index contributed by atoms with van der Waals surface area (Å²) in [6.45, 7) is 0. The summed E-state index contributed by atoms with van der Waals surface area (Å²) in [6, 6.07) is 0. The first-order valence-corrected chi connectivity index (χ1v) is 3.00. The highest BCUT2D eigenvalue weighted by Crippen LogP contribution is 2.10. The summed E-state index contributed by atoms with van der Waals surface area (Å²) in [5.74, 6) is 1.49. The predicted octanol–water partition coefficient (Wildman–Crippen LogP) is 0.484. The summed E-state index contributed by atoms with van der Waals surface area (Å²) in [5, 5.41) is 0. The highest BCUT2D eigenvalue weighted by atomic mass is 16.5. The quantitative estimate of drug-likeness (QED) is 0.651. The molecular weight excluding hydrogens is 130 g/mol. The molecule has 0 spiro atoms. The maximum absolute atomic E-state index is 4.90. The van der Waals surface area contributed by atoms with Crippen molar-refractivity contribution in [2.75, 3.05) is 26.1 Å². The number of H-pyrrole nitrogens is 1. The van der Waals surface area contributed by atoms with E-state index >= 15 is 0 Å². The van der Waals surface area contributed by atoms with Crippen LogP contribution in [0.2, 0.25) is 0 Å². The monoisotopic (exact) mass is 141 g/mol. The molecule has 1 heterocycles. The lowest BCUT2D eigenvalue weighted by Gasteiger charge is -2.05. The number of rotatable bonds is 2. The van der Waals surface area contributed by atoms with E-state index in [0.717, 1.165) is 5.95 Å². The van der Waals surface area contributed by atoms with Gasteiger partial charge in [0.25, 0.3) is 0 Å². The average Bonchev–Trinajstić information content (AvgIpc) is 2.34. The van der Waals surface area contributed by atoms with Gasteiger partial charge in [-0.25, -0.2) is 4.98 Å². The van der Waals surface area contributed by atoms with Crippen LogP contribution >= 0.6 is 0 Å². The number of methoxy groups -OCH3 is 1. The van der Waals surface area contributed by atoms with E-state index in [2.05, 4.69) is 9.97 Å². The molecule has 4 heteroatoms. The van der Waals surface area contributed by atoms with Crippen LogP contribution in [0.15, 0.2) is 6.20 Å². The van der Waals surface area contributed by atoms with Gasteiger partial charge in [-0.3, -0.25) is 4.98 Å². The molecule has 0 aromatic carbocycles. The maximum Gasteiger partial charge on any atom is 0.212 e. The van der Waals surface area contributed by atoms with Crippen molar-refractivity contribution in [1.29, 1.82) is 0 Å². The lowest BCUT2D eigenvalue weighted by molar-refractivity contribution is 0.400. The van der Waals surface area contributed by atoms with Crippen LogP contribution in [-0.4, -0.2) is 31.2 Å². The highest BCUT2D eigenvalue weighted by molar-refractivity contribution is 5.30. The fourth-order valence-corrected chi connectivity index (χ4v) is 0.626. The lowest BCUT2D eigenvalue weighted by atomic mass is 10.8. The fraction of sp³-hybridized carbons (Fsp3) is 0.500. The van der Waals surface area contributed by atoms with Gasteiger partial charge in [0, 0.05) is 14.1 Å². The van der Waals surface area contributed by atoms with Crippen LogP contribution in [0.25, 0.3) is 0 Å². The van der Waals surface area contributed by atoms with Crippen molar-refractivity contribution in [2.45, 2.75) is 0 Å². The fourth-order valence-electron chi connectivity index (χ4n) is 0.626. The first-order valence-electron chi connectivity index (χ1n) is 3.00. The molecule has 0 bridgehead atoms. The Morgan fingerprint density at radius 3 is 2.60 bits per heavy atom. The molecule has 0 saturated heterocycles. The highest BCUT2D eigenvalue weighted by Gasteiger charge is 1.99. The number of nitrogens with one attached hydrogen (secondary N) is 1. The molecule has 0 fully saturated rings. The van der Waals surface area contributed by atoms with Crippen molar-refractivity contribution in [3.63, 3.8) is 0 Å². The zero-order valence-corrected chi connectivity index (χ0v) is 6.38. The zero-order chi connectivity index (χ0) is 7.56. The normalized spacial score (nSPS) is 9.50. The Balaban J connectivity index is 2.78. The topological polar surface area (TPSA) is 41.1 Å². The molecule has 1 rings (SSSR count). The molecule has 4 nitrogen and oxygen atoms in total. The summed E-state index contributed by atoms with van der Waals surface area (Å²) in [4.78, 5) is 8.86. The Kier molecular flexibility index (Phi) is 1.80. The SMILES string of the molecule is COc1cnc(N(C)C)[nH]1. The molecule has 0 unspecified atom stereocenters. The molecule has 56 valence electrons. The number of aromatic amines is 1. The molecule has 0 atom stereocenters. The summed E-state index contributed by atoms with van der Waals surface area (Å²) < 4.78 is 4.90. The summed E-state index contributed by atoms with van der Waals surface area (Å²) in [7, 11) is 5.43. The van der Waals surface area contributed by atoms with Crippen LogP contribution in [0, 0.1) is 0 Å². The third-order valence-electron chi connectivity index (χ3n) is 1.18. The second-order valence-electron chi connectivity index (χ2n) is 2.17. The smallest absolute Gasteiger partial charge is 0.212 e. The molecule has 0 aliphatic rings. The molecule has 0 saturated carbocycles. The van der Waals surface area contributed by atoms with E-state index in [0.29, 0.717) is 5.88 Å². The minimum Gasteiger partial charge on any atom is -0.481 e. The predicted molar refractivity (Wildman–Crippen MR) is 39.5 cm³/mol. The van der Waals surface area contributed by atoms with Crippen molar-refractivity contribution in [2.24, 2.45) is 0 Å². The number of ether oxygens (including phenoxy) is 1. The number of aromatic nitrogens is 2. The molecule has 1 aromatic heterocycles. The third-order valence-corrected chi connectivity index (χ3v) is 1.18. The summed E-state index contributed by atoms with van der Waals surface area (Å²) >= 11 is 0. The lowest BCUT2D eigenvalue weighted by Crippen LogP contribution is -2.09. The number of imidazole rings is 1. The van der Waals surface area contributed by atoms with Crippen molar-refractivity contribution in [1.82, 2.24) is 9.97 Å². The first kappa shape index (κ1) is 6.92. The molecular formula is C6H11N3O. The van der Waals surface area contributed by atoms with E-state index in [1.165, 1.54) is 0 Å². The summed E-state index contributed by atoms with van der Waals surface area (Å²) in [6.07, 6.45) is 1.65. The van der Waals surface area contributed by atoms with Gasteiger partial charge < -0.3 is 9.64 Å². The molecule has 0 aliphatic carbocycles. The van der Waals surface area contributed by atoms with Gasteiger partial charge in [0.2, 0.25) is 11.8 Å². The number of anilines is 1. The molecule has 0 aliphatic heterocycles. The number of hydrogen-bond donors (Lipinski definition) is 1. The Hall–Kier alpha value is -1.19. The van der Waals surface area contributed by atoms with Crippen molar-refractivity contribution >= 4 is 5.95 Å². The van der Waals surface area contributed by atoms with Crippen LogP contribution in [-0.2, 0) is 0 Å². The summed E-state index contributed by atoms with van der Waals surface area (Å²) in [5.41, 5.74) is 0. The molecule has 10 heavy (non-hydrogen) atoms.